The van der Waals surface area contributed by atoms with Crippen LogP contribution in [-0.4, -0.2) is 18.8 Å². The molecule has 3 rings (SSSR count). The molecule has 21 heavy (non-hydrogen) atoms. The van der Waals surface area contributed by atoms with Gasteiger partial charge < -0.3 is 0 Å². The lowest BCUT2D eigenvalue weighted by molar-refractivity contribution is 0.401. The molecule has 1 aromatic carbocycles. The number of hydrogen-bond donors (Lipinski definition) is 0. The molecular weight excluding hydrogens is 333 g/mol. The van der Waals surface area contributed by atoms with E-state index in [0.29, 0.717) is 6.54 Å². The molecule has 7 heteroatoms. The summed E-state index contributed by atoms with van der Waals surface area (Å²) in [5, 5.41) is 1.74. The fraction of sp³-hybridized carbons (Fsp3) is 0.286. The summed E-state index contributed by atoms with van der Waals surface area (Å²) < 4.78 is 40.2. The van der Waals surface area contributed by atoms with Crippen LogP contribution in [0.3, 0.4) is 0 Å². The number of nitrogens with zero attached hydrogens (tertiary/aromatic N) is 1. The van der Waals surface area contributed by atoms with E-state index in [-0.39, 0.29) is 16.0 Å². The van der Waals surface area contributed by atoms with E-state index in [9.17, 15) is 12.8 Å². The average molecular weight is 346 g/mol. The molecule has 1 aliphatic rings. The lowest BCUT2D eigenvalue weighted by Crippen LogP contribution is -2.32. The number of thiophene rings is 1. The van der Waals surface area contributed by atoms with Crippen LogP contribution in [0.5, 0.6) is 0 Å². The summed E-state index contributed by atoms with van der Waals surface area (Å²) in [6.07, 6.45) is 1.72. The van der Waals surface area contributed by atoms with Crippen LogP contribution in [0, 0.1) is 5.82 Å². The van der Waals surface area contributed by atoms with Crippen molar-refractivity contribution in [3.63, 3.8) is 0 Å². The summed E-state index contributed by atoms with van der Waals surface area (Å²) in [7, 11) is -3.66. The van der Waals surface area contributed by atoms with E-state index in [2.05, 4.69) is 0 Å². The van der Waals surface area contributed by atoms with Crippen molar-refractivity contribution in [2.24, 2.45) is 0 Å². The van der Waals surface area contributed by atoms with Gasteiger partial charge in [0.25, 0.3) is 0 Å². The first-order valence-electron chi connectivity index (χ1n) is 6.48. The van der Waals surface area contributed by atoms with Crippen LogP contribution in [-0.2, 0) is 16.6 Å². The molecule has 3 nitrogen and oxygen atoms in total. The third-order valence-corrected chi connectivity index (χ3v) is 6.39. The van der Waals surface area contributed by atoms with Gasteiger partial charge in [-0.3, -0.25) is 0 Å². The van der Waals surface area contributed by atoms with Crippen LogP contribution < -0.4 is 0 Å². The zero-order valence-corrected chi connectivity index (χ0v) is 13.4. The van der Waals surface area contributed by atoms with Gasteiger partial charge in [-0.1, -0.05) is 17.7 Å². The lowest BCUT2D eigenvalue weighted by Gasteiger charge is -2.21. The molecule has 1 aliphatic carbocycles. The second-order valence-electron chi connectivity index (χ2n) is 4.94. The summed E-state index contributed by atoms with van der Waals surface area (Å²) in [5.41, 5.74) is 0. The Labute approximate surface area is 132 Å². The summed E-state index contributed by atoms with van der Waals surface area (Å²) in [5.74, 6) is -0.619. The number of sulfonamides is 1. The van der Waals surface area contributed by atoms with E-state index < -0.39 is 15.8 Å². The average Bonchev–Trinajstić information content (AvgIpc) is 3.15. The maximum absolute atomic E-state index is 13.2. The first-order valence-corrected chi connectivity index (χ1v) is 9.17. The van der Waals surface area contributed by atoms with E-state index in [4.69, 9.17) is 11.6 Å². The van der Waals surface area contributed by atoms with Crippen molar-refractivity contribution in [1.29, 1.82) is 0 Å². The monoisotopic (exact) mass is 345 g/mol. The molecule has 1 fully saturated rings. The maximum atomic E-state index is 13.2. The number of rotatable bonds is 5. The smallest absolute Gasteiger partial charge is 0.207 e. The highest BCUT2D eigenvalue weighted by Gasteiger charge is 2.38. The van der Waals surface area contributed by atoms with Gasteiger partial charge >= 0.3 is 0 Å². The third kappa shape index (κ3) is 3.13. The SMILES string of the molecule is O=S(=O)(c1ccc(F)c(Cl)c1)N(Cc1cccs1)C1CC1. The minimum atomic E-state index is -3.66. The van der Waals surface area contributed by atoms with Crippen molar-refractivity contribution in [2.75, 3.05) is 0 Å². The van der Waals surface area contributed by atoms with Crippen molar-refractivity contribution < 1.29 is 12.8 Å². The molecule has 0 atom stereocenters. The Balaban J connectivity index is 1.95. The molecule has 0 saturated heterocycles. The topological polar surface area (TPSA) is 37.4 Å². The van der Waals surface area contributed by atoms with E-state index in [0.717, 1.165) is 23.8 Å². The molecule has 1 heterocycles. The van der Waals surface area contributed by atoms with Crippen molar-refractivity contribution in [3.05, 3.63) is 51.4 Å². The standard InChI is InChI=1S/C14H13ClFNO2S2/c15-13-8-12(5-6-14(13)16)21(18,19)17(10-3-4-10)9-11-2-1-7-20-11/h1-2,5-8,10H,3-4,9H2. The predicted octanol–water partition coefficient (Wildman–Crippen LogP) is 3.89. The van der Waals surface area contributed by atoms with Gasteiger partial charge in [-0.15, -0.1) is 11.3 Å². The predicted molar refractivity (Wildman–Crippen MR) is 81.5 cm³/mol. The fourth-order valence-corrected chi connectivity index (χ4v) is 4.82. The minimum absolute atomic E-state index is 0.0286. The molecule has 112 valence electrons. The lowest BCUT2D eigenvalue weighted by atomic mass is 10.3. The zero-order valence-electron chi connectivity index (χ0n) is 11.0. The summed E-state index contributed by atoms with van der Waals surface area (Å²) in [6.45, 7) is 0.347. The van der Waals surface area contributed by atoms with E-state index >= 15 is 0 Å². The van der Waals surface area contributed by atoms with Gasteiger partial charge in [0.1, 0.15) is 5.82 Å². The molecule has 0 bridgehead atoms. The molecule has 1 aromatic heterocycles. The van der Waals surface area contributed by atoms with E-state index in [1.165, 1.54) is 27.8 Å². The first kappa shape index (κ1) is 15.0. The van der Waals surface area contributed by atoms with Crippen molar-refractivity contribution in [2.45, 2.75) is 30.3 Å². The Morgan fingerprint density at radius 1 is 1.33 bits per heavy atom. The number of benzene rings is 1. The van der Waals surface area contributed by atoms with Gasteiger partial charge in [0.2, 0.25) is 10.0 Å². The quantitative estimate of drug-likeness (QED) is 0.824. The molecule has 0 N–H and O–H groups in total. The van der Waals surface area contributed by atoms with Crippen molar-refractivity contribution in [3.8, 4) is 0 Å². The molecule has 0 aliphatic heterocycles. The van der Waals surface area contributed by atoms with Crippen LogP contribution in [0.4, 0.5) is 4.39 Å². The Morgan fingerprint density at radius 3 is 2.67 bits per heavy atom. The fourth-order valence-electron chi connectivity index (χ4n) is 2.10. The molecule has 0 spiro atoms. The van der Waals surface area contributed by atoms with E-state index in [1.807, 2.05) is 17.5 Å². The van der Waals surface area contributed by atoms with Crippen LogP contribution in [0.15, 0.2) is 40.6 Å². The molecule has 0 unspecified atom stereocenters. The van der Waals surface area contributed by atoms with Gasteiger partial charge in [-0.05, 0) is 42.5 Å². The molecule has 0 radical (unpaired) electrons. The number of hydrogen-bond acceptors (Lipinski definition) is 3. The largest absolute Gasteiger partial charge is 0.243 e. The normalized spacial score (nSPS) is 15.6. The Hall–Kier alpha value is -0.950. The van der Waals surface area contributed by atoms with Gasteiger partial charge in [-0.2, -0.15) is 4.31 Å². The molecule has 1 saturated carbocycles. The highest BCUT2D eigenvalue weighted by molar-refractivity contribution is 7.89. The van der Waals surface area contributed by atoms with E-state index in [1.54, 1.807) is 0 Å². The Bertz CT molecular complexity index is 742. The highest BCUT2D eigenvalue weighted by atomic mass is 35.5. The van der Waals surface area contributed by atoms with Crippen molar-refractivity contribution >= 4 is 33.0 Å². The van der Waals surface area contributed by atoms with Gasteiger partial charge in [0.05, 0.1) is 9.92 Å². The second-order valence-corrected chi connectivity index (χ2v) is 8.27. The molecule has 2 aromatic rings. The summed E-state index contributed by atoms with van der Waals surface area (Å²) in [4.78, 5) is 1.02. The van der Waals surface area contributed by atoms with Gasteiger partial charge in [-0.25, -0.2) is 12.8 Å². The molecule has 0 amide bonds. The number of halogens is 2. The summed E-state index contributed by atoms with van der Waals surface area (Å²) in [6, 6.07) is 7.36. The van der Waals surface area contributed by atoms with Crippen LogP contribution in [0.1, 0.15) is 17.7 Å². The van der Waals surface area contributed by atoms with Gasteiger partial charge in [0.15, 0.2) is 0 Å². The first-order chi connectivity index (χ1) is 9.98. The third-order valence-electron chi connectivity index (χ3n) is 3.34. The maximum Gasteiger partial charge on any atom is 0.243 e. The Morgan fingerprint density at radius 2 is 2.10 bits per heavy atom. The van der Waals surface area contributed by atoms with Crippen LogP contribution >= 0.6 is 22.9 Å². The Kier molecular flexibility index (Phi) is 4.05. The van der Waals surface area contributed by atoms with Crippen LogP contribution in [0.25, 0.3) is 0 Å². The van der Waals surface area contributed by atoms with Gasteiger partial charge in [0, 0.05) is 17.5 Å². The highest BCUT2D eigenvalue weighted by Crippen LogP contribution is 2.34. The molecular formula is C14H13ClFNO2S2. The van der Waals surface area contributed by atoms with Crippen LogP contribution in [0.2, 0.25) is 5.02 Å². The van der Waals surface area contributed by atoms with Crippen molar-refractivity contribution in [1.82, 2.24) is 4.31 Å². The summed E-state index contributed by atoms with van der Waals surface area (Å²) >= 11 is 7.23. The zero-order chi connectivity index (χ0) is 15.0. The second kappa shape index (κ2) is 5.68. The minimum Gasteiger partial charge on any atom is -0.207 e.